The molecule has 10 heteroatoms. The average molecular weight is 457 g/mol. The van der Waals surface area contributed by atoms with E-state index in [9.17, 15) is 0 Å². The standard InChI is InChI=1S/C22H29ClN8O/c23-17-4-2-16(3-5-17)12-19-15-32-20(13-30-9-1-8-25-30)14-31(19)18-6-10-29(11-7-18)22-26-21(24)27-28-22/h1-5,8-9,18-20H,6-7,10-15H2,(H3,24,26,27,28)/t19-,20-/m0/s1. The maximum absolute atomic E-state index is 6.30. The van der Waals surface area contributed by atoms with Crippen LogP contribution in [0.3, 0.4) is 0 Å². The zero-order valence-corrected chi connectivity index (χ0v) is 18.7. The van der Waals surface area contributed by atoms with E-state index >= 15 is 0 Å². The first-order valence-corrected chi connectivity index (χ1v) is 11.5. The highest BCUT2D eigenvalue weighted by Crippen LogP contribution is 2.27. The van der Waals surface area contributed by atoms with Crippen LogP contribution in [0.5, 0.6) is 0 Å². The van der Waals surface area contributed by atoms with E-state index < -0.39 is 0 Å². The molecule has 0 aliphatic carbocycles. The summed E-state index contributed by atoms with van der Waals surface area (Å²) < 4.78 is 8.25. The fourth-order valence-electron chi connectivity index (χ4n) is 4.83. The lowest BCUT2D eigenvalue weighted by atomic mass is 9.96. The van der Waals surface area contributed by atoms with Crippen molar-refractivity contribution in [2.75, 3.05) is 36.9 Å². The predicted octanol–water partition coefficient (Wildman–Crippen LogP) is 2.22. The van der Waals surface area contributed by atoms with Gasteiger partial charge in [0.25, 0.3) is 0 Å². The maximum atomic E-state index is 6.30. The highest BCUT2D eigenvalue weighted by atomic mass is 35.5. The number of nitrogens with zero attached hydrogens (tertiary/aromatic N) is 6. The number of piperidine rings is 1. The number of aromatic amines is 1. The number of nitrogens with one attached hydrogen (secondary N) is 1. The molecule has 2 aromatic heterocycles. The first-order chi connectivity index (χ1) is 15.6. The normalized spacial score (nSPS) is 23.0. The molecule has 3 aromatic rings. The Labute approximate surface area is 192 Å². The molecule has 0 saturated carbocycles. The van der Waals surface area contributed by atoms with E-state index in [1.165, 1.54) is 5.56 Å². The van der Waals surface area contributed by atoms with E-state index in [0.29, 0.717) is 30.6 Å². The fraction of sp³-hybridized carbons (Fsp3) is 0.500. The summed E-state index contributed by atoms with van der Waals surface area (Å²) in [6.45, 7) is 4.21. The summed E-state index contributed by atoms with van der Waals surface area (Å²) in [5, 5.41) is 12.1. The van der Waals surface area contributed by atoms with Crippen molar-refractivity contribution in [3.05, 3.63) is 53.3 Å². The first kappa shape index (κ1) is 21.2. The zero-order valence-electron chi connectivity index (χ0n) is 18.0. The van der Waals surface area contributed by atoms with Crippen molar-refractivity contribution in [3.63, 3.8) is 0 Å². The molecule has 32 heavy (non-hydrogen) atoms. The van der Waals surface area contributed by atoms with E-state index in [4.69, 9.17) is 22.1 Å². The zero-order chi connectivity index (χ0) is 21.9. The van der Waals surface area contributed by atoms with Gasteiger partial charge in [-0.3, -0.25) is 9.58 Å². The number of aromatic nitrogens is 5. The minimum atomic E-state index is 0.127. The second-order valence-electron chi connectivity index (χ2n) is 8.60. The van der Waals surface area contributed by atoms with E-state index in [1.54, 1.807) is 0 Å². The summed E-state index contributed by atoms with van der Waals surface area (Å²) in [5.41, 5.74) is 6.99. The van der Waals surface area contributed by atoms with E-state index in [0.717, 1.165) is 50.5 Å². The highest BCUT2D eigenvalue weighted by molar-refractivity contribution is 6.30. The molecule has 3 N–H and O–H groups in total. The number of hydrogen-bond donors (Lipinski definition) is 2. The summed E-state index contributed by atoms with van der Waals surface area (Å²) in [6.07, 6.45) is 7.00. The van der Waals surface area contributed by atoms with Gasteiger partial charge in [-0.25, -0.2) is 5.10 Å². The van der Waals surface area contributed by atoms with Crippen LogP contribution in [0.1, 0.15) is 18.4 Å². The third kappa shape index (κ3) is 4.90. The van der Waals surface area contributed by atoms with Crippen molar-refractivity contribution in [2.24, 2.45) is 0 Å². The second kappa shape index (κ2) is 9.48. The molecule has 0 unspecified atom stereocenters. The monoisotopic (exact) mass is 456 g/mol. The van der Waals surface area contributed by atoms with Gasteiger partial charge in [0.2, 0.25) is 11.9 Å². The van der Waals surface area contributed by atoms with Gasteiger partial charge in [0.15, 0.2) is 0 Å². The Morgan fingerprint density at radius 1 is 1.19 bits per heavy atom. The molecule has 0 bridgehead atoms. The van der Waals surface area contributed by atoms with Crippen molar-refractivity contribution in [2.45, 2.75) is 44.0 Å². The molecular formula is C22H29ClN8O. The minimum Gasteiger partial charge on any atom is -0.373 e. The van der Waals surface area contributed by atoms with Gasteiger partial charge in [-0.15, -0.1) is 5.10 Å². The van der Waals surface area contributed by atoms with Crippen LogP contribution < -0.4 is 10.6 Å². The lowest BCUT2D eigenvalue weighted by Crippen LogP contribution is -2.57. The number of nitrogens with two attached hydrogens (primary N) is 1. The Balaban J connectivity index is 1.27. The van der Waals surface area contributed by atoms with Crippen LogP contribution in [0, 0.1) is 0 Å². The van der Waals surface area contributed by atoms with Gasteiger partial charge in [0, 0.05) is 49.1 Å². The summed E-state index contributed by atoms with van der Waals surface area (Å²) in [6, 6.07) is 10.9. The Morgan fingerprint density at radius 2 is 2.00 bits per heavy atom. The molecule has 170 valence electrons. The molecule has 2 aliphatic rings. The molecule has 0 amide bonds. The van der Waals surface area contributed by atoms with Gasteiger partial charge >= 0.3 is 0 Å². The number of nitrogen functional groups attached to an aromatic ring is 1. The number of hydrogen-bond acceptors (Lipinski definition) is 7. The topological polar surface area (TPSA) is 101 Å². The number of ether oxygens (including phenoxy) is 1. The summed E-state index contributed by atoms with van der Waals surface area (Å²) >= 11 is 6.09. The third-order valence-electron chi connectivity index (χ3n) is 6.45. The van der Waals surface area contributed by atoms with Gasteiger partial charge < -0.3 is 15.4 Å². The van der Waals surface area contributed by atoms with Crippen molar-refractivity contribution in [3.8, 4) is 0 Å². The Bertz CT molecular complexity index is 984. The number of H-pyrrole nitrogens is 1. The first-order valence-electron chi connectivity index (χ1n) is 11.2. The van der Waals surface area contributed by atoms with Gasteiger partial charge in [-0.05, 0) is 43.0 Å². The van der Waals surface area contributed by atoms with Crippen molar-refractivity contribution in [1.29, 1.82) is 0 Å². The number of benzene rings is 1. The molecule has 1 aromatic carbocycles. The van der Waals surface area contributed by atoms with Crippen LogP contribution in [0.25, 0.3) is 0 Å². The van der Waals surface area contributed by atoms with E-state index in [1.807, 2.05) is 35.3 Å². The van der Waals surface area contributed by atoms with Crippen molar-refractivity contribution < 1.29 is 4.74 Å². The molecule has 0 spiro atoms. The van der Waals surface area contributed by atoms with Crippen molar-refractivity contribution in [1.82, 2.24) is 29.9 Å². The average Bonchev–Trinajstić information content (AvgIpc) is 3.48. The Kier molecular flexibility index (Phi) is 6.29. The smallest absolute Gasteiger partial charge is 0.246 e. The number of anilines is 2. The maximum Gasteiger partial charge on any atom is 0.246 e. The largest absolute Gasteiger partial charge is 0.373 e. The van der Waals surface area contributed by atoms with Gasteiger partial charge in [0.05, 0.1) is 19.3 Å². The number of halogens is 1. The summed E-state index contributed by atoms with van der Waals surface area (Å²) in [7, 11) is 0. The molecule has 2 fully saturated rings. The lowest BCUT2D eigenvalue weighted by Gasteiger charge is -2.46. The molecule has 4 heterocycles. The third-order valence-corrected chi connectivity index (χ3v) is 6.70. The summed E-state index contributed by atoms with van der Waals surface area (Å²) in [5.74, 6) is 1.05. The summed E-state index contributed by atoms with van der Waals surface area (Å²) in [4.78, 5) is 9.16. The molecule has 2 atom stereocenters. The van der Waals surface area contributed by atoms with Crippen LogP contribution in [0.2, 0.25) is 5.02 Å². The van der Waals surface area contributed by atoms with Crippen LogP contribution in [-0.4, -0.2) is 74.3 Å². The Hall–Kier alpha value is -2.62. The van der Waals surface area contributed by atoms with Crippen LogP contribution in [0.4, 0.5) is 11.9 Å². The molecule has 0 radical (unpaired) electrons. The number of morpholine rings is 1. The predicted molar refractivity (Wildman–Crippen MR) is 124 cm³/mol. The van der Waals surface area contributed by atoms with Crippen molar-refractivity contribution >= 4 is 23.5 Å². The molecule has 5 rings (SSSR count). The van der Waals surface area contributed by atoms with Crippen LogP contribution in [0.15, 0.2) is 42.7 Å². The fourth-order valence-corrected chi connectivity index (χ4v) is 4.95. The SMILES string of the molecule is Nc1nc(N2CCC(N3C[C@H](Cn4cccn4)OC[C@@H]3Cc3ccc(Cl)cc3)CC2)n[nH]1. The van der Waals surface area contributed by atoms with E-state index in [2.05, 4.69) is 42.2 Å². The van der Waals surface area contributed by atoms with E-state index in [-0.39, 0.29) is 6.10 Å². The molecule has 2 aliphatic heterocycles. The number of rotatable bonds is 6. The minimum absolute atomic E-state index is 0.127. The second-order valence-corrected chi connectivity index (χ2v) is 9.04. The Morgan fingerprint density at radius 3 is 2.69 bits per heavy atom. The molecule has 9 nitrogen and oxygen atoms in total. The van der Waals surface area contributed by atoms with Crippen LogP contribution >= 0.6 is 11.6 Å². The quantitative estimate of drug-likeness (QED) is 0.586. The van der Waals surface area contributed by atoms with Gasteiger partial charge in [0.1, 0.15) is 0 Å². The van der Waals surface area contributed by atoms with Gasteiger partial charge in [-0.1, -0.05) is 23.7 Å². The van der Waals surface area contributed by atoms with Crippen LogP contribution in [-0.2, 0) is 17.7 Å². The van der Waals surface area contributed by atoms with Gasteiger partial charge in [-0.2, -0.15) is 10.1 Å². The molecular weight excluding hydrogens is 428 g/mol. The molecule has 2 saturated heterocycles. The highest BCUT2D eigenvalue weighted by Gasteiger charge is 2.36. The lowest BCUT2D eigenvalue weighted by molar-refractivity contribution is -0.0883.